The van der Waals surface area contributed by atoms with Crippen LogP contribution in [-0.4, -0.2) is 21.6 Å². The van der Waals surface area contributed by atoms with Crippen molar-refractivity contribution in [2.75, 3.05) is 11.1 Å². The van der Waals surface area contributed by atoms with Crippen LogP contribution in [-0.2, 0) is 4.79 Å². The Morgan fingerprint density at radius 2 is 1.53 bits per heavy atom. The van der Waals surface area contributed by atoms with Crippen LogP contribution in [0.5, 0.6) is 0 Å². The van der Waals surface area contributed by atoms with Crippen molar-refractivity contribution in [3.05, 3.63) is 90.5 Å². The van der Waals surface area contributed by atoms with Crippen LogP contribution in [0.1, 0.15) is 12.0 Å². The number of para-hydroxylation sites is 1. The number of H-pyrrole nitrogens is 1. The molecule has 0 aliphatic rings. The summed E-state index contributed by atoms with van der Waals surface area (Å²) in [6, 6.07) is 28.2. The molecule has 0 saturated carbocycles. The van der Waals surface area contributed by atoms with E-state index in [0.29, 0.717) is 12.2 Å². The van der Waals surface area contributed by atoms with Crippen LogP contribution in [0.15, 0.2) is 90.1 Å². The molecule has 1 amide bonds. The minimum Gasteiger partial charge on any atom is -0.332 e. The SMILES string of the molecule is Cc1ccccc1NC(=O)CCSc1nc(-c2ccccc2)c(-c2ccccc2)[nH]1. The van der Waals surface area contributed by atoms with Gasteiger partial charge in [0.25, 0.3) is 0 Å². The van der Waals surface area contributed by atoms with Crippen LogP contribution in [0.25, 0.3) is 22.5 Å². The number of aromatic amines is 1. The van der Waals surface area contributed by atoms with Crippen LogP contribution >= 0.6 is 11.8 Å². The fraction of sp³-hybridized carbons (Fsp3) is 0.120. The summed E-state index contributed by atoms with van der Waals surface area (Å²) in [7, 11) is 0. The van der Waals surface area contributed by atoms with E-state index in [1.54, 1.807) is 11.8 Å². The summed E-state index contributed by atoms with van der Waals surface area (Å²) >= 11 is 1.56. The molecule has 0 aliphatic carbocycles. The third-order valence-corrected chi connectivity index (χ3v) is 5.65. The van der Waals surface area contributed by atoms with Crippen LogP contribution in [0.4, 0.5) is 5.69 Å². The summed E-state index contributed by atoms with van der Waals surface area (Å²) in [5.41, 5.74) is 6.00. The van der Waals surface area contributed by atoms with E-state index in [1.807, 2.05) is 67.6 Å². The number of nitrogens with one attached hydrogen (secondary N) is 2. The van der Waals surface area contributed by atoms with Crippen LogP contribution in [0, 0.1) is 6.92 Å². The van der Waals surface area contributed by atoms with Gasteiger partial charge in [0.15, 0.2) is 5.16 Å². The Morgan fingerprint density at radius 1 is 0.900 bits per heavy atom. The average Bonchev–Trinajstić information content (AvgIpc) is 3.21. The number of carbonyl (C=O) groups is 1. The summed E-state index contributed by atoms with van der Waals surface area (Å²) in [6.07, 6.45) is 0.418. The molecule has 4 aromatic rings. The predicted molar refractivity (Wildman–Crippen MR) is 125 cm³/mol. The minimum absolute atomic E-state index is 0.00919. The highest BCUT2D eigenvalue weighted by atomic mass is 32.2. The van der Waals surface area contributed by atoms with Gasteiger partial charge in [-0.05, 0) is 18.6 Å². The number of carbonyl (C=O) groups excluding carboxylic acids is 1. The first kappa shape index (κ1) is 20.0. The zero-order chi connectivity index (χ0) is 20.8. The Morgan fingerprint density at radius 3 is 2.23 bits per heavy atom. The molecular formula is C25H23N3OS. The molecule has 150 valence electrons. The number of hydrogen-bond acceptors (Lipinski definition) is 3. The van der Waals surface area contributed by atoms with E-state index in [1.165, 1.54) is 0 Å². The lowest BCUT2D eigenvalue weighted by molar-refractivity contribution is -0.115. The first-order valence-corrected chi connectivity index (χ1v) is 10.9. The number of aryl methyl sites for hydroxylation is 1. The fourth-order valence-electron chi connectivity index (χ4n) is 3.20. The minimum atomic E-state index is 0.00919. The van der Waals surface area contributed by atoms with Crippen molar-refractivity contribution in [3.63, 3.8) is 0 Å². The maximum Gasteiger partial charge on any atom is 0.225 e. The maximum atomic E-state index is 12.3. The maximum absolute atomic E-state index is 12.3. The highest BCUT2D eigenvalue weighted by Gasteiger charge is 2.14. The smallest absolute Gasteiger partial charge is 0.225 e. The predicted octanol–water partition coefficient (Wildman–Crippen LogP) is 6.17. The third kappa shape index (κ3) is 4.81. The molecule has 0 spiro atoms. The number of rotatable bonds is 7. The normalized spacial score (nSPS) is 10.7. The monoisotopic (exact) mass is 413 g/mol. The standard InChI is InChI=1S/C25H23N3OS/c1-18-10-8-9-15-21(18)26-22(29)16-17-30-25-27-23(19-11-4-2-5-12-19)24(28-25)20-13-6-3-7-14-20/h2-15H,16-17H2,1H3,(H,26,29)(H,27,28). The number of anilines is 1. The van der Waals surface area contributed by atoms with Crippen LogP contribution in [0.3, 0.4) is 0 Å². The van der Waals surface area contributed by atoms with Crippen LogP contribution in [0.2, 0.25) is 0 Å². The summed E-state index contributed by atoms with van der Waals surface area (Å²) in [5, 5.41) is 3.80. The Hall–Kier alpha value is -3.31. The van der Waals surface area contributed by atoms with Gasteiger partial charge in [-0.25, -0.2) is 4.98 Å². The second-order valence-electron chi connectivity index (χ2n) is 6.96. The van der Waals surface area contributed by atoms with Gasteiger partial charge in [-0.15, -0.1) is 0 Å². The van der Waals surface area contributed by atoms with Crippen molar-refractivity contribution < 1.29 is 4.79 Å². The molecule has 1 heterocycles. The number of benzene rings is 3. The van der Waals surface area contributed by atoms with Crippen molar-refractivity contribution in [2.45, 2.75) is 18.5 Å². The van der Waals surface area contributed by atoms with Gasteiger partial charge < -0.3 is 10.3 Å². The summed E-state index contributed by atoms with van der Waals surface area (Å²) in [4.78, 5) is 20.6. The van der Waals surface area contributed by atoms with E-state index in [4.69, 9.17) is 4.98 Å². The molecule has 30 heavy (non-hydrogen) atoms. The Labute approximate surface area is 180 Å². The Bertz CT molecular complexity index is 1070. The number of hydrogen-bond donors (Lipinski definition) is 2. The number of nitrogens with zero attached hydrogens (tertiary/aromatic N) is 1. The zero-order valence-electron chi connectivity index (χ0n) is 16.8. The van der Waals surface area contributed by atoms with Gasteiger partial charge in [0, 0.05) is 29.0 Å². The van der Waals surface area contributed by atoms with Gasteiger partial charge in [-0.3, -0.25) is 4.79 Å². The van der Waals surface area contributed by atoms with Gasteiger partial charge in [0.05, 0.1) is 11.4 Å². The first-order chi connectivity index (χ1) is 14.7. The van der Waals surface area contributed by atoms with Crippen molar-refractivity contribution in [1.82, 2.24) is 9.97 Å². The van der Waals surface area contributed by atoms with Gasteiger partial charge >= 0.3 is 0 Å². The van der Waals surface area contributed by atoms with E-state index in [-0.39, 0.29) is 5.91 Å². The zero-order valence-corrected chi connectivity index (χ0v) is 17.6. The Balaban J connectivity index is 1.46. The first-order valence-electron chi connectivity index (χ1n) is 9.90. The van der Waals surface area contributed by atoms with Crippen molar-refractivity contribution >= 4 is 23.4 Å². The molecule has 0 saturated heterocycles. The highest BCUT2D eigenvalue weighted by molar-refractivity contribution is 7.99. The Kier molecular flexibility index (Phi) is 6.30. The van der Waals surface area contributed by atoms with Crippen molar-refractivity contribution in [3.8, 4) is 22.5 Å². The molecule has 0 aliphatic heterocycles. The topological polar surface area (TPSA) is 57.8 Å². The van der Waals surface area contributed by atoms with E-state index in [2.05, 4.69) is 34.6 Å². The molecule has 4 nitrogen and oxygen atoms in total. The molecule has 0 radical (unpaired) electrons. The number of amides is 1. The highest BCUT2D eigenvalue weighted by Crippen LogP contribution is 2.32. The molecule has 0 bridgehead atoms. The molecule has 0 atom stereocenters. The number of thioether (sulfide) groups is 1. The number of aromatic nitrogens is 2. The molecule has 3 aromatic carbocycles. The quantitative estimate of drug-likeness (QED) is 0.356. The second-order valence-corrected chi connectivity index (χ2v) is 8.04. The van der Waals surface area contributed by atoms with Gasteiger partial charge in [-0.1, -0.05) is 90.6 Å². The lowest BCUT2D eigenvalue weighted by atomic mass is 10.1. The molecule has 1 aromatic heterocycles. The molecule has 0 unspecified atom stereocenters. The summed E-state index contributed by atoms with van der Waals surface area (Å²) < 4.78 is 0. The summed E-state index contributed by atoms with van der Waals surface area (Å²) in [5.74, 6) is 0.656. The van der Waals surface area contributed by atoms with Gasteiger partial charge in [0.1, 0.15) is 0 Å². The third-order valence-electron chi connectivity index (χ3n) is 4.78. The molecule has 5 heteroatoms. The lowest BCUT2D eigenvalue weighted by Crippen LogP contribution is -2.12. The van der Waals surface area contributed by atoms with Gasteiger partial charge in [0.2, 0.25) is 5.91 Å². The number of imidazole rings is 1. The lowest BCUT2D eigenvalue weighted by Gasteiger charge is -2.07. The van der Waals surface area contributed by atoms with Crippen molar-refractivity contribution in [2.24, 2.45) is 0 Å². The molecule has 2 N–H and O–H groups in total. The second kappa shape index (κ2) is 9.46. The molecule has 4 rings (SSSR count). The van der Waals surface area contributed by atoms with Crippen LogP contribution < -0.4 is 5.32 Å². The molecular weight excluding hydrogens is 390 g/mol. The van der Waals surface area contributed by atoms with E-state index in [9.17, 15) is 4.79 Å². The fourth-order valence-corrected chi connectivity index (χ4v) is 4.02. The summed E-state index contributed by atoms with van der Waals surface area (Å²) in [6.45, 7) is 1.99. The van der Waals surface area contributed by atoms with Crippen molar-refractivity contribution in [1.29, 1.82) is 0 Å². The van der Waals surface area contributed by atoms with E-state index < -0.39 is 0 Å². The van der Waals surface area contributed by atoms with E-state index in [0.717, 1.165) is 38.9 Å². The average molecular weight is 414 g/mol. The largest absolute Gasteiger partial charge is 0.332 e. The van der Waals surface area contributed by atoms with Gasteiger partial charge in [-0.2, -0.15) is 0 Å². The van der Waals surface area contributed by atoms with E-state index >= 15 is 0 Å². The molecule has 0 fully saturated rings.